The summed E-state index contributed by atoms with van der Waals surface area (Å²) in [5.41, 5.74) is 3.09. The van der Waals surface area contributed by atoms with Crippen molar-refractivity contribution >= 4 is 17.2 Å². The quantitative estimate of drug-likeness (QED) is 0.804. The fourth-order valence-electron chi connectivity index (χ4n) is 1.94. The number of nitrogens with one attached hydrogen (secondary N) is 1. The Balaban J connectivity index is 1.67. The molecule has 0 aromatic carbocycles. The van der Waals surface area contributed by atoms with E-state index in [9.17, 15) is 4.79 Å². The van der Waals surface area contributed by atoms with Crippen molar-refractivity contribution in [2.75, 3.05) is 0 Å². The molecule has 0 radical (unpaired) electrons. The number of amides is 1. The van der Waals surface area contributed by atoms with Crippen LogP contribution in [0.5, 0.6) is 0 Å². The van der Waals surface area contributed by atoms with Crippen molar-refractivity contribution in [1.29, 1.82) is 0 Å². The van der Waals surface area contributed by atoms with Crippen LogP contribution in [-0.2, 0) is 6.54 Å². The summed E-state index contributed by atoms with van der Waals surface area (Å²) in [4.78, 5) is 25.5. The Hall–Kier alpha value is -2.60. The van der Waals surface area contributed by atoms with Crippen molar-refractivity contribution in [2.45, 2.75) is 13.5 Å². The summed E-state index contributed by atoms with van der Waals surface area (Å²) in [6.45, 7) is 2.23. The summed E-state index contributed by atoms with van der Waals surface area (Å²) < 4.78 is 0. The van der Waals surface area contributed by atoms with Crippen molar-refractivity contribution in [3.05, 3.63) is 65.3 Å². The van der Waals surface area contributed by atoms with Gasteiger partial charge in [-0.15, -0.1) is 11.3 Å². The van der Waals surface area contributed by atoms with Gasteiger partial charge >= 0.3 is 0 Å². The van der Waals surface area contributed by atoms with Crippen molar-refractivity contribution in [1.82, 2.24) is 20.3 Å². The van der Waals surface area contributed by atoms with Crippen LogP contribution < -0.4 is 5.32 Å². The van der Waals surface area contributed by atoms with Crippen LogP contribution in [0.4, 0.5) is 0 Å². The molecular weight excluding hydrogens is 296 g/mol. The van der Waals surface area contributed by atoms with Crippen molar-refractivity contribution in [2.24, 2.45) is 0 Å². The van der Waals surface area contributed by atoms with Gasteiger partial charge in [0.25, 0.3) is 5.91 Å². The van der Waals surface area contributed by atoms with Gasteiger partial charge in [0.05, 0.1) is 11.9 Å². The van der Waals surface area contributed by atoms with E-state index in [1.807, 2.05) is 36.7 Å². The first-order valence-corrected chi connectivity index (χ1v) is 7.65. The normalized spacial score (nSPS) is 10.4. The maximum atomic E-state index is 12.0. The summed E-state index contributed by atoms with van der Waals surface area (Å²) >= 11 is 1.66. The molecule has 0 saturated heterocycles. The molecule has 3 heterocycles. The third-order valence-electron chi connectivity index (χ3n) is 3.07. The number of pyridine rings is 1. The molecule has 110 valence electrons. The van der Waals surface area contributed by atoms with Gasteiger partial charge in [-0.25, -0.2) is 4.98 Å². The number of carbonyl (C=O) groups is 1. The minimum absolute atomic E-state index is 0.242. The van der Waals surface area contributed by atoms with E-state index in [1.165, 1.54) is 6.20 Å². The van der Waals surface area contributed by atoms with Gasteiger partial charge in [0, 0.05) is 35.6 Å². The van der Waals surface area contributed by atoms with E-state index in [2.05, 4.69) is 20.3 Å². The fourth-order valence-corrected chi connectivity index (χ4v) is 2.65. The van der Waals surface area contributed by atoms with Crippen LogP contribution in [0.1, 0.15) is 21.7 Å². The zero-order valence-corrected chi connectivity index (χ0v) is 12.8. The minimum atomic E-state index is -0.242. The standard InChI is InChI=1S/C16H14N4OS/c1-11-6-19-14(10-18-11)16(21)20-8-12-5-13(9-17-7-12)15-3-2-4-22-15/h2-7,9-10H,8H2,1H3,(H,20,21). The smallest absolute Gasteiger partial charge is 0.271 e. The second-order valence-electron chi connectivity index (χ2n) is 4.78. The topological polar surface area (TPSA) is 67.8 Å². The van der Waals surface area contributed by atoms with Gasteiger partial charge in [-0.05, 0) is 30.0 Å². The Morgan fingerprint density at radius 3 is 2.86 bits per heavy atom. The van der Waals surface area contributed by atoms with Crippen molar-refractivity contribution in [3.8, 4) is 10.4 Å². The maximum Gasteiger partial charge on any atom is 0.271 e. The van der Waals surface area contributed by atoms with E-state index in [1.54, 1.807) is 23.7 Å². The van der Waals surface area contributed by atoms with E-state index >= 15 is 0 Å². The van der Waals surface area contributed by atoms with E-state index in [0.29, 0.717) is 12.2 Å². The second kappa shape index (κ2) is 6.44. The van der Waals surface area contributed by atoms with Crippen LogP contribution in [0.25, 0.3) is 10.4 Å². The molecule has 1 amide bonds. The second-order valence-corrected chi connectivity index (χ2v) is 5.73. The molecule has 0 aliphatic heterocycles. The summed E-state index contributed by atoms with van der Waals surface area (Å²) in [5, 5.41) is 4.86. The van der Waals surface area contributed by atoms with Crippen LogP contribution in [0, 0.1) is 6.92 Å². The number of carbonyl (C=O) groups excluding carboxylic acids is 1. The monoisotopic (exact) mass is 310 g/mol. The lowest BCUT2D eigenvalue weighted by molar-refractivity contribution is 0.0945. The van der Waals surface area contributed by atoms with E-state index in [4.69, 9.17) is 0 Å². The zero-order chi connectivity index (χ0) is 15.4. The van der Waals surface area contributed by atoms with E-state index in [0.717, 1.165) is 21.7 Å². The summed E-state index contributed by atoms with van der Waals surface area (Å²) in [5.74, 6) is -0.242. The molecule has 22 heavy (non-hydrogen) atoms. The maximum absolute atomic E-state index is 12.0. The average Bonchev–Trinajstić information content (AvgIpc) is 3.08. The molecule has 3 rings (SSSR count). The Kier molecular flexibility index (Phi) is 4.20. The van der Waals surface area contributed by atoms with Crippen molar-refractivity contribution in [3.63, 3.8) is 0 Å². The summed E-state index contributed by atoms with van der Waals surface area (Å²) in [7, 11) is 0. The van der Waals surface area contributed by atoms with Crippen LogP contribution in [0.15, 0.2) is 48.4 Å². The first-order chi connectivity index (χ1) is 10.7. The highest BCUT2D eigenvalue weighted by Crippen LogP contribution is 2.24. The van der Waals surface area contributed by atoms with Gasteiger partial charge < -0.3 is 5.32 Å². The van der Waals surface area contributed by atoms with Crippen LogP contribution >= 0.6 is 11.3 Å². The first-order valence-electron chi connectivity index (χ1n) is 6.77. The lowest BCUT2D eigenvalue weighted by Crippen LogP contribution is -2.24. The largest absolute Gasteiger partial charge is 0.347 e. The van der Waals surface area contributed by atoms with Gasteiger partial charge in [0.2, 0.25) is 0 Å². The Morgan fingerprint density at radius 1 is 1.23 bits per heavy atom. The molecular formula is C16H14N4OS. The molecule has 0 bridgehead atoms. The molecule has 0 aliphatic rings. The first kappa shape index (κ1) is 14.3. The Morgan fingerprint density at radius 2 is 2.14 bits per heavy atom. The lowest BCUT2D eigenvalue weighted by Gasteiger charge is -2.06. The number of rotatable bonds is 4. The molecule has 0 fully saturated rings. The van der Waals surface area contributed by atoms with Gasteiger partial charge in [-0.1, -0.05) is 6.07 Å². The number of thiophene rings is 1. The molecule has 6 heteroatoms. The fraction of sp³-hybridized carbons (Fsp3) is 0.125. The highest BCUT2D eigenvalue weighted by Gasteiger charge is 2.08. The predicted molar refractivity (Wildman–Crippen MR) is 85.5 cm³/mol. The average molecular weight is 310 g/mol. The molecule has 1 N–H and O–H groups in total. The molecule has 0 unspecified atom stereocenters. The summed E-state index contributed by atoms with van der Waals surface area (Å²) in [6.07, 6.45) is 6.62. The summed E-state index contributed by atoms with van der Waals surface area (Å²) in [6, 6.07) is 6.08. The van der Waals surface area contributed by atoms with Gasteiger partial charge in [0.1, 0.15) is 5.69 Å². The SMILES string of the molecule is Cc1cnc(C(=O)NCc2cncc(-c3cccs3)c2)cn1. The molecule has 5 nitrogen and oxygen atoms in total. The highest BCUT2D eigenvalue weighted by molar-refractivity contribution is 7.13. The molecule has 0 spiro atoms. The molecule has 0 atom stereocenters. The number of aromatic nitrogens is 3. The lowest BCUT2D eigenvalue weighted by atomic mass is 10.2. The number of hydrogen-bond donors (Lipinski definition) is 1. The Labute approximate surface area is 132 Å². The van der Waals surface area contributed by atoms with Crippen LogP contribution in [0.2, 0.25) is 0 Å². The highest BCUT2D eigenvalue weighted by atomic mass is 32.1. The van der Waals surface area contributed by atoms with Gasteiger partial charge in [-0.3, -0.25) is 14.8 Å². The zero-order valence-electron chi connectivity index (χ0n) is 12.0. The minimum Gasteiger partial charge on any atom is -0.347 e. The molecule has 3 aromatic rings. The Bertz CT molecular complexity index is 769. The van der Waals surface area contributed by atoms with E-state index < -0.39 is 0 Å². The molecule has 0 aliphatic carbocycles. The molecule has 0 saturated carbocycles. The molecule has 3 aromatic heterocycles. The predicted octanol–water partition coefficient (Wildman–Crippen LogP) is 2.84. The van der Waals surface area contributed by atoms with Crippen LogP contribution in [-0.4, -0.2) is 20.9 Å². The number of nitrogens with zero attached hydrogens (tertiary/aromatic N) is 3. The van der Waals surface area contributed by atoms with Gasteiger partial charge in [-0.2, -0.15) is 0 Å². The number of hydrogen-bond acceptors (Lipinski definition) is 5. The van der Waals surface area contributed by atoms with E-state index in [-0.39, 0.29) is 5.91 Å². The third-order valence-corrected chi connectivity index (χ3v) is 3.99. The van der Waals surface area contributed by atoms with Crippen molar-refractivity contribution < 1.29 is 4.79 Å². The van der Waals surface area contributed by atoms with Crippen LogP contribution in [0.3, 0.4) is 0 Å². The van der Waals surface area contributed by atoms with Gasteiger partial charge in [0.15, 0.2) is 0 Å². The third kappa shape index (κ3) is 3.35. The number of aryl methyl sites for hydroxylation is 1.